The molecule has 1 aromatic rings. The van der Waals surface area contributed by atoms with Gasteiger partial charge in [-0.25, -0.2) is 15.2 Å². The number of hydrogen-bond donors (Lipinski definition) is 2. The van der Waals surface area contributed by atoms with Gasteiger partial charge in [0.2, 0.25) is 0 Å². The molecule has 0 atom stereocenters. The van der Waals surface area contributed by atoms with Crippen molar-refractivity contribution in [3.05, 3.63) is 16.1 Å². The van der Waals surface area contributed by atoms with Crippen molar-refractivity contribution in [2.24, 2.45) is 0 Å². The lowest BCUT2D eigenvalue weighted by Gasteiger charge is -2.19. The van der Waals surface area contributed by atoms with Gasteiger partial charge in [0.1, 0.15) is 5.60 Å². The number of nitrogens with one attached hydrogen (secondary N) is 2. The molecule has 2 N–H and O–H groups in total. The Morgan fingerprint density at radius 1 is 1.53 bits per heavy atom. The van der Waals surface area contributed by atoms with Gasteiger partial charge in [-0.1, -0.05) is 6.92 Å². The number of hydrogen-bond acceptors (Lipinski definition) is 5. The summed E-state index contributed by atoms with van der Waals surface area (Å²) in [6.07, 6.45) is 2.27. The highest BCUT2D eigenvalue weighted by atomic mass is 32.1. The van der Waals surface area contributed by atoms with Crippen LogP contribution in [0.5, 0.6) is 0 Å². The fourth-order valence-corrected chi connectivity index (χ4v) is 1.90. The number of thiazole rings is 1. The summed E-state index contributed by atoms with van der Waals surface area (Å²) in [6, 6.07) is 0. The molecule has 1 heterocycles. The molecule has 0 fully saturated rings. The van der Waals surface area contributed by atoms with Crippen molar-refractivity contribution in [3.63, 3.8) is 0 Å². The predicted molar refractivity (Wildman–Crippen MR) is 67.7 cm³/mol. The van der Waals surface area contributed by atoms with E-state index in [-0.39, 0.29) is 0 Å². The Balaban J connectivity index is 2.26. The molecule has 0 spiro atoms. The lowest BCUT2D eigenvalue weighted by molar-refractivity contribution is 0.0497. The third-order valence-corrected chi connectivity index (χ3v) is 2.90. The zero-order chi connectivity index (χ0) is 12.9. The third kappa shape index (κ3) is 5.65. The number of hydrazine groups is 1. The zero-order valence-corrected chi connectivity index (χ0v) is 11.5. The molecule has 0 unspecified atom stereocenters. The standard InChI is InChI=1S/C11H19N3O2S/c1-5-9-12-6-8(17-9)7-13-14-10(15)16-11(2,3)4/h6,13H,5,7H2,1-4H3,(H,14,15). The molecule has 0 saturated carbocycles. The second-order valence-corrected chi connectivity index (χ2v) is 5.75. The van der Waals surface area contributed by atoms with Gasteiger partial charge in [0, 0.05) is 11.1 Å². The molecule has 0 radical (unpaired) electrons. The summed E-state index contributed by atoms with van der Waals surface area (Å²) in [6.45, 7) is 8.09. The molecule has 17 heavy (non-hydrogen) atoms. The van der Waals surface area contributed by atoms with Crippen molar-refractivity contribution in [2.75, 3.05) is 0 Å². The number of aryl methyl sites for hydroxylation is 1. The molecular weight excluding hydrogens is 238 g/mol. The van der Waals surface area contributed by atoms with Crippen molar-refractivity contribution in [3.8, 4) is 0 Å². The second-order valence-electron chi connectivity index (χ2n) is 4.55. The van der Waals surface area contributed by atoms with Crippen LogP contribution in [0.3, 0.4) is 0 Å². The molecule has 0 aliphatic carbocycles. The van der Waals surface area contributed by atoms with Crippen molar-refractivity contribution in [1.82, 2.24) is 15.8 Å². The highest BCUT2D eigenvalue weighted by Crippen LogP contribution is 2.12. The van der Waals surface area contributed by atoms with Crippen molar-refractivity contribution in [1.29, 1.82) is 0 Å². The monoisotopic (exact) mass is 257 g/mol. The number of rotatable bonds is 4. The van der Waals surface area contributed by atoms with Crippen LogP contribution in [0.25, 0.3) is 0 Å². The van der Waals surface area contributed by atoms with Crippen LogP contribution >= 0.6 is 11.3 Å². The van der Waals surface area contributed by atoms with Crippen LogP contribution in [-0.2, 0) is 17.7 Å². The number of carbonyl (C=O) groups is 1. The average molecular weight is 257 g/mol. The number of nitrogens with zero attached hydrogens (tertiary/aromatic N) is 1. The Hall–Kier alpha value is -1.14. The summed E-state index contributed by atoms with van der Waals surface area (Å²) in [5.74, 6) is 0. The first-order chi connectivity index (χ1) is 7.90. The molecule has 0 aromatic carbocycles. The van der Waals surface area contributed by atoms with Crippen LogP contribution in [0.1, 0.15) is 37.6 Å². The Morgan fingerprint density at radius 2 is 2.24 bits per heavy atom. The van der Waals surface area contributed by atoms with E-state index in [1.807, 2.05) is 27.0 Å². The summed E-state index contributed by atoms with van der Waals surface area (Å²) in [7, 11) is 0. The Labute approximate surface area is 106 Å². The Kier molecular flexibility index (Phi) is 4.89. The van der Waals surface area contributed by atoms with E-state index < -0.39 is 11.7 Å². The van der Waals surface area contributed by atoms with Gasteiger partial charge in [-0.15, -0.1) is 11.3 Å². The number of aromatic nitrogens is 1. The van der Waals surface area contributed by atoms with E-state index in [1.54, 1.807) is 11.3 Å². The fraction of sp³-hybridized carbons (Fsp3) is 0.636. The van der Waals surface area contributed by atoms with Crippen LogP contribution < -0.4 is 10.9 Å². The van der Waals surface area contributed by atoms with Gasteiger partial charge in [0.25, 0.3) is 0 Å². The summed E-state index contributed by atoms with van der Waals surface area (Å²) < 4.78 is 5.08. The van der Waals surface area contributed by atoms with E-state index >= 15 is 0 Å². The summed E-state index contributed by atoms with van der Waals surface area (Å²) in [4.78, 5) is 16.6. The molecule has 1 amide bonds. The largest absolute Gasteiger partial charge is 0.443 e. The minimum absolute atomic E-state index is 0.474. The topological polar surface area (TPSA) is 63.2 Å². The van der Waals surface area contributed by atoms with E-state index in [9.17, 15) is 4.79 Å². The minimum atomic E-state index is -0.481. The first kappa shape index (κ1) is 13.9. The SMILES string of the molecule is CCc1ncc(CNNC(=O)OC(C)(C)C)s1. The van der Waals surface area contributed by atoms with Gasteiger partial charge in [-0.3, -0.25) is 5.43 Å². The third-order valence-electron chi connectivity index (χ3n) is 1.76. The number of amides is 1. The van der Waals surface area contributed by atoms with Crippen LogP contribution in [-0.4, -0.2) is 16.7 Å². The molecule has 0 saturated heterocycles. The first-order valence-corrected chi connectivity index (χ1v) is 6.38. The van der Waals surface area contributed by atoms with Crippen LogP contribution in [0.2, 0.25) is 0 Å². The fourth-order valence-electron chi connectivity index (χ4n) is 1.10. The van der Waals surface area contributed by atoms with Crippen molar-refractivity contribution in [2.45, 2.75) is 46.3 Å². The molecule has 6 heteroatoms. The van der Waals surface area contributed by atoms with E-state index in [1.165, 1.54) is 0 Å². The van der Waals surface area contributed by atoms with Gasteiger partial charge in [0.05, 0.1) is 11.6 Å². The lowest BCUT2D eigenvalue weighted by Crippen LogP contribution is -2.40. The Morgan fingerprint density at radius 3 is 2.76 bits per heavy atom. The highest BCUT2D eigenvalue weighted by molar-refractivity contribution is 7.11. The normalized spacial score (nSPS) is 11.3. The minimum Gasteiger partial charge on any atom is -0.443 e. The summed E-state index contributed by atoms with van der Waals surface area (Å²) in [5, 5.41) is 1.10. The molecule has 0 bridgehead atoms. The quantitative estimate of drug-likeness (QED) is 0.812. The first-order valence-electron chi connectivity index (χ1n) is 5.56. The maximum Gasteiger partial charge on any atom is 0.422 e. The molecule has 0 aliphatic rings. The summed E-state index contributed by atoms with van der Waals surface area (Å²) >= 11 is 1.63. The van der Waals surface area contributed by atoms with E-state index in [0.29, 0.717) is 6.54 Å². The van der Waals surface area contributed by atoms with Crippen LogP contribution in [0.15, 0.2) is 6.20 Å². The van der Waals surface area contributed by atoms with Gasteiger partial charge < -0.3 is 4.74 Å². The average Bonchev–Trinajstić information content (AvgIpc) is 2.63. The number of carbonyl (C=O) groups excluding carboxylic acids is 1. The van der Waals surface area contributed by atoms with E-state index in [4.69, 9.17) is 4.74 Å². The van der Waals surface area contributed by atoms with Crippen LogP contribution in [0.4, 0.5) is 4.79 Å². The predicted octanol–water partition coefficient (Wildman–Crippen LogP) is 2.23. The molecule has 96 valence electrons. The second kappa shape index (κ2) is 5.97. The van der Waals surface area contributed by atoms with Gasteiger partial charge in [-0.2, -0.15) is 0 Å². The van der Waals surface area contributed by atoms with Gasteiger partial charge in [-0.05, 0) is 27.2 Å². The maximum absolute atomic E-state index is 11.3. The zero-order valence-electron chi connectivity index (χ0n) is 10.7. The van der Waals surface area contributed by atoms with E-state index in [0.717, 1.165) is 16.3 Å². The molecule has 1 aromatic heterocycles. The van der Waals surface area contributed by atoms with E-state index in [2.05, 4.69) is 22.8 Å². The maximum atomic E-state index is 11.3. The number of ether oxygens (including phenoxy) is 1. The lowest BCUT2D eigenvalue weighted by atomic mass is 10.2. The highest BCUT2D eigenvalue weighted by Gasteiger charge is 2.15. The smallest absolute Gasteiger partial charge is 0.422 e. The molecular formula is C11H19N3O2S. The van der Waals surface area contributed by atoms with Crippen molar-refractivity contribution >= 4 is 17.4 Å². The molecule has 0 aliphatic heterocycles. The van der Waals surface area contributed by atoms with Crippen LogP contribution in [0, 0.1) is 0 Å². The molecule has 1 rings (SSSR count). The molecule has 5 nitrogen and oxygen atoms in total. The van der Waals surface area contributed by atoms with Crippen molar-refractivity contribution < 1.29 is 9.53 Å². The Bertz CT molecular complexity index is 371. The van der Waals surface area contributed by atoms with Gasteiger partial charge >= 0.3 is 6.09 Å². The summed E-state index contributed by atoms with van der Waals surface area (Å²) in [5.41, 5.74) is 4.81. The van der Waals surface area contributed by atoms with Gasteiger partial charge in [0.15, 0.2) is 0 Å².